The molecule has 0 bridgehead atoms. The molecule has 9 heteroatoms. The minimum Gasteiger partial charge on any atom is -0.467 e. The maximum atomic E-state index is 12.6. The van der Waals surface area contributed by atoms with Gasteiger partial charge in [-0.05, 0) is 6.07 Å². The molecule has 0 aliphatic rings. The molecular formula is C10H11F3N2O4. The van der Waals surface area contributed by atoms with Gasteiger partial charge in [-0.1, -0.05) is 0 Å². The molecular weight excluding hydrogens is 269 g/mol. The van der Waals surface area contributed by atoms with Crippen molar-refractivity contribution in [3.8, 4) is 0 Å². The molecule has 0 fully saturated rings. The van der Waals surface area contributed by atoms with Gasteiger partial charge in [-0.25, -0.2) is 9.78 Å². The van der Waals surface area contributed by atoms with E-state index in [9.17, 15) is 28.2 Å². The van der Waals surface area contributed by atoms with E-state index in [4.69, 9.17) is 5.73 Å². The molecule has 4 N–H and O–H groups in total. The number of pyridine rings is 1. The number of halogens is 3. The van der Waals surface area contributed by atoms with E-state index in [0.717, 1.165) is 13.3 Å². The molecule has 1 aromatic heterocycles. The van der Waals surface area contributed by atoms with Gasteiger partial charge in [0, 0.05) is 11.8 Å². The number of nitrogens with two attached hydrogens (primary N) is 1. The largest absolute Gasteiger partial charge is 0.467 e. The molecule has 19 heavy (non-hydrogen) atoms. The van der Waals surface area contributed by atoms with Gasteiger partial charge in [0.2, 0.25) is 0 Å². The van der Waals surface area contributed by atoms with Gasteiger partial charge in [-0.15, -0.1) is 0 Å². The molecule has 1 aromatic rings. The first kappa shape index (κ1) is 15.2. The van der Waals surface area contributed by atoms with Crippen LogP contribution < -0.4 is 5.73 Å². The predicted octanol–water partition coefficient (Wildman–Crippen LogP) is 0.250. The number of nitrogens with zero attached hydrogens (tertiary/aromatic N) is 1. The van der Waals surface area contributed by atoms with Gasteiger partial charge in [0.05, 0.1) is 12.7 Å². The summed E-state index contributed by atoms with van der Waals surface area (Å²) >= 11 is 0. The summed E-state index contributed by atoms with van der Waals surface area (Å²) in [6, 6.07) is 0.513. The highest BCUT2D eigenvalue weighted by atomic mass is 19.4. The summed E-state index contributed by atoms with van der Waals surface area (Å²) in [6.45, 7) is 0. The summed E-state index contributed by atoms with van der Waals surface area (Å²) in [5, 5.41) is 18.9. The molecule has 0 spiro atoms. The number of carbonyl (C=O) groups excluding carboxylic acids is 1. The van der Waals surface area contributed by atoms with Crippen LogP contribution in [-0.4, -0.2) is 34.4 Å². The van der Waals surface area contributed by atoms with Crippen LogP contribution in [0.1, 0.15) is 17.2 Å². The number of hydrogen-bond acceptors (Lipinski definition) is 6. The first-order chi connectivity index (χ1) is 8.68. The van der Waals surface area contributed by atoms with Crippen molar-refractivity contribution in [3.63, 3.8) is 0 Å². The number of ether oxygens (including phenoxy) is 1. The van der Waals surface area contributed by atoms with Crippen LogP contribution in [0.25, 0.3) is 0 Å². The second-order valence-electron chi connectivity index (χ2n) is 3.61. The highest BCUT2D eigenvalue weighted by molar-refractivity contribution is 5.75. The molecule has 106 valence electrons. The molecule has 0 radical (unpaired) electrons. The summed E-state index contributed by atoms with van der Waals surface area (Å²) in [7, 11) is 0.959. The zero-order chi connectivity index (χ0) is 14.8. The Morgan fingerprint density at radius 3 is 2.53 bits per heavy atom. The van der Waals surface area contributed by atoms with Gasteiger partial charge < -0.3 is 20.7 Å². The van der Waals surface area contributed by atoms with Gasteiger partial charge in [-0.3, -0.25) is 0 Å². The molecule has 1 rings (SSSR count). The maximum absolute atomic E-state index is 12.6. The average molecular weight is 280 g/mol. The van der Waals surface area contributed by atoms with Gasteiger partial charge in [-0.2, -0.15) is 13.2 Å². The van der Waals surface area contributed by atoms with Crippen LogP contribution in [0.3, 0.4) is 0 Å². The van der Waals surface area contributed by atoms with Crippen molar-refractivity contribution in [1.29, 1.82) is 0 Å². The quantitative estimate of drug-likeness (QED) is 0.685. The fraction of sp³-hybridized carbons (Fsp3) is 0.400. The Bertz CT molecular complexity index is 478. The van der Waals surface area contributed by atoms with Crippen LogP contribution in [0.2, 0.25) is 0 Å². The molecule has 0 aliphatic carbocycles. The smallest absolute Gasteiger partial charge is 0.419 e. The summed E-state index contributed by atoms with van der Waals surface area (Å²) in [5.74, 6) is -1.95. The number of aliphatic hydroxyl groups excluding tert-OH is 2. The highest BCUT2D eigenvalue weighted by Gasteiger charge is 2.35. The van der Waals surface area contributed by atoms with Crippen molar-refractivity contribution in [2.45, 2.75) is 18.4 Å². The standard InChI is InChI=1S/C10H11F3N2O4/c1-19-9(18)7(17)6(16)4-2-5(10(11,12)13)8(14)15-3-4/h2-3,6-7,16-17H,1H3,(H2,14,15). The zero-order valence-corrected chi connectivity index (χ0v) is 9.68. The molecule has 2 atom stereocenters. The van der Waals surface area contributed by atoms with E-state index in [1.165, 1.54) is 0 Å². The fourth-order valence-electron chi connectivity index (χ4n) is 1.31. The van der Waals surface area contributed by atoms with Crippen molar-refractivity contribution >= 4 is 11.8 Å². The first-order valence-electron chi connectivity index (χ1n) is 4.95. The van der Waals surface area contributed by atoms with Gasteiger partial charge in [0.25, 0.3) is 0 Å². The lowest BCUT2D eigenvalue weighted by atomic mass is 10.0. The first-order valence-corrected chi connectivity index (χ1v) is 4.95. The topological polar surface area (TPSA) is 106 Å². The summed E-state index contributed by atoms with van der Waals surface area (Å²) in [6.07, 6.45) is -7.84. The van der Waals surface area contributed by atoms with E-state index in [2.05, 4.69) is 9.72 Å². The van der Waals surface area contributed by atoms with E-state index >= 15 is 0 Å². The Balaban J connectivity index is 3.12. The zero-order valence-electron chi connectivity index (χ0n) is 9.68. The van der Waals surface area contributed by atoms with Crippen molar-refractivity contribution in [2.24, 2.45) is 0 Å². The van der Waals surface area contributed by atoms with Gasteiger partial charge in [0.1, 0.15) is 11.9 Å². The highest BCUT2D eigenvalue weighted by Crippen LogP contribution is 2.34. The minimum atomic E-state index is -4.76. The Hall–Kier alpha value is -1.87. The number of esters is 1. The lowest BCUT2D eigenvalue weighted by Gasteiger charge is -2.17. The monoisotopic (exact) mass is 280 g/mol. The molecule has 0 saturated carbocycles. The van der Waals surface area contributed by atoms with Gasteiger partial charge >= 0.3 is 12.1 Å². The molecule has 0 amide bonds. The Morgan fingerprint density at radius 2 is 2.05 bits per heavy atom. The maximum Gasteiger partial charge on any atom is 0.419 e. The van der Waals surface area contributed by atoms with Crippen molar-refractivity contribution in [3.05, 3.63) is 23.4 Å². The average Bonchev–Trinajstić information content (AvgIpc) is 2.35. The van der Waals surface area contributed by atoms with Gasteiger partial charge in [0.15, 0.2) is 6.10 Å². The number of hydrogen-bond donors (Lipinski definition) is 3. The number of aliphatic hydroxyl groups is 2. The fourth-order valence-corrected chi connectivity index (χ4v) is 1.31. The molecule has 0 saturated heterocycles. The van der Waals surface area contributed by atoms with Crippen LogP contribution in [0, 0.1) is 0 Å². The van der Waals surface area contributed by atoms with Crippen molar-refractivity contribution < 1.29 is 32.9 Å². The van der Waals surface area contributed by atoms with E-state index in [-0.39, 0.29) is 0 Å². The molecule has 0 aliphatic heterocycles. The van der Waals surface area contributed by atoms with Crippen LogP contribution >= 0.6 is 0 Å². The lowest BCUT2D eigenvalue weighted by molar-refractivity contribution is -0.156. The van der Waals surface area contributed by atoms with E-state index in [1.54, 1.807) is 0 Å². The Kier molecular flexibility index (Phi) is 4.32. The van der Waals surface area contributed by atoms with E-state index in [0.29, 0.717) is 6.07 Å². The molecule has 2 unspecified atom stereocenters. The third-order valence-corrected chi connectivity index (χ3v) is 2.33. The van der Waals surface area contributed by atoms with Crippen LogP contribution in [-0.2, 0) is 15.7 Å². The number of methoxy groups -OCH3 is 1. The Labute approximate surface area is 105 Å². The van der Waals surface area contributed by atoms with Crippen molar-refractivity contribution in [1.82, 2.24) is 4.98 Å². The van der Waals surface area contributed by atoms with E-state index in [1.807, 2.05) is 0 Å². The number of rotatable bonds is 3. The lowest BCUT2D eigenvalue weighted by Crippen LogP contribution is -2.29. The second kappa shape index (κ2) is 5.41. The predicted molar refractivity (Wildman–Crippen MR) is 56.6 cm³/mol. The van der Waals surface area contributed by atoms with Crippen LogP contribution in [0.5, 0.6) is 0 Å². The number of aromatic nitrogens is 1. The summed E-state index contributed by atoms with van der Waals surface area (Å²) in [5.41, 5.74) is 3.40. The number of nitrogen functional groups attached to an aromatic ring is 1. The third-order valence-electron chi connectivity index (χ3n) is 2.33. The van der Waals surface area contributed by atoms with Crippen LogP contribution in [0.4, 0.5) is 19.0 Å². The summed E-state index contributed by atoms with van der Waals surface area (Å²) < 4.78 is 41.8. The van der Waals surface area contributed by atoms with Crippen molar-refractivity contribution in [2.75, 3.05) is 12.8 Å². The number of anilines is 1. The molecule has 6 nitrogen and oxygen atoms in total. The number of carbonyl (C=O) groups is 1. The SMILES string of the molecule is COC(=O)C(O)C(O)c1cnc(N)c(C(F)(F)F)c1. The van der Waals surface area contributed by atoms with E-state index < -0.39 is 41.3 Å². The second-order valence-corrected chi connectivity index (χ2v) is 3.61. The normalized spacial score (nSPS) is 14.8. The van der Waals surface area contributed by atoms with Crippen LogP contribution in [0.15, 0.2) is 12.3 Å². The summed E-state index contributed by atoms with van der Waals surface area (Å²) in [4.78, 5) is 14.2. The minimum absolute atomic E-state index is 0.403. The molecule has 0 aromatic carbocycles. The Morgan fingerprint density at radius 1 is 1.47 bits per heavy atom. The third kappa shape index (κ3) is 3.32. The number of alkyl halides is 3. The molecule has 1 heterocycles.